The van der Waals surface area contributed by atoms with Crippen molar-refractivity contribution in [3.8, 4) is 0 Å². The van der Waals surface area contributed by atoms with Crippen molar-refractivity contribution in [1.29, 1.82) is 0 Å². The smallest absolute Gasteiger partial charge is 0.323 e. The van der Waals surface area contributed by atoms with Crippen LogP contribution >= 0.6 is 0 Å². The SMILES string of the molecule is CC(=O)N1CCc2ccc(NC(=O)Nc3ccccc3C)cc2C1. The van der Waals surface area contributed by atoms with Crippen LogP contribution in [0.25, 0.3) is 0 Å². The minimum atomic E-state index is -0.275. The third-order valence-corrected chi connectivity index (χ3v) is 4.31. The molecule has 24 heavy (non-hydrogen) atoms. The van der Waals surface area contributed by atoms with Crippen LogP contribution in [-0.2, 0) is 17.8 Å². The lowest BCUT2D eigenvalue weighted by Crippen LogP contribution is -2.34. The Labute approximate surface area is 141 Å². The van der Waals surface area contributed by atoms with E-state index in [4.69, 9.17) is 0 Å². The first kappa shape index (κ1) is 16.1. The van der Waals surface area contributed by atoms with Gasteiger partial charge in [-0.1, -0.05) is 24.3 Å². The zero-order valence-corrected chi connectivity index (χ0v) is 13.9. The van der Waals surface area contributed by atoms with E-state index in [-0.39, 0.29) is 11.9 Å². The quantitative estimate of drug-likeness (QED) is 0.888. The Hall–Kier alpha value is -2.82. The Morgan fingerprint density at radius 3 is 2.58 bits per heavy atom. The lowest BCUT2D eigenvalue weighted by Gasteiger charge is -2.28. The fraction of sp³-hybridized carbons (Fsp3) is 0.263. The van der Waals surface area contributed by atoms with Crippen LogP contribution in [0.2, 0.25) is 0 Å². The Kier molecular flexibility index (Phi) is 4.51. The second kappa shape index (κ2) is 6.74. The number of fused-ring (bicyclic) bond motifs is 1. The summed E-state index contributed by atoms with van der Waals surface area (Å²) < 4.78 is 0. The first-order valence-electron chi connectivity index (χ1n) is 8.04. The molecule has 0 spiro atoms. The molecule has 0 fully saturated rings. The van der Waals surface area contributed by atoms with Crippen LogP contribution in [-0.4, -0.2) is 23.4 Å². The highest BCUT2D eigenvalue weighted by molar-refractivity contribution is 6.00. The molecule has 2 aromatic carbocycles. The summed E-state index contributed by atoms with van der Waals surface area (Å²) in [6.45, 7) is 4.88. The largest absolute Gasteiger partial charge is 0.338 e. The van der Waals surface area contributed by atoms with E-state index in [1.807, 2.05) is 54.3 Å². The lowest BCUT2D eigenvalue weighted by molar-refractivity contribution is -0.129. The van der Waals surface area contributed by atoms with E-state index < -0.39 is 0 Å². The maximum Gasteiger partial charge on any atom is 0.323 e. The highest BCUT2D eigenvalue weighted by Crippen LogP contribution is 2.23. The van der Waals surface area contributed by atoms with E-state index in [9.17, 15) is 9.59 Å². The van der Waals surface area contributed by atoms with Gasteiger partial charge in [0.15, 0.2) is 0 Å². The fourth-order valence-corrected chi connectivity index (χ4v) is 2.90. The summed E-state index contributed by atoms with van der Waals surface area (Å²) in [7, 11) is 0. The molecular weight excluding hydrogens is 302 g/mol. The summed E-state index contributed by atoms with van der Waals surface area (Å²) in [6, 6.07) is 13.2. The maximum absolute atomic E-state index is 12.2. The Morgan fingerprint density at radius 2 is 1.83 bits per heavy atom. The van der Waals surface area contributed by atoms with Crippen molar-refractivity contribution in [3.63, 3.8) is 0 Å². The van der Waals surface area contributed by atoms with Gasteiger partial charge in [0.2, 0.25) is 5.91 Å². The van der Waals surface area contributed by atoms with Crippen molar-refractivity contribution in [2.24, 2.45) is 0 Å². The number of benzene rings is 2. The van der Waals surface area contributed by atoms with Crippen LogP contribution in [0.15, 0.2) is 42.5 Å². The second-order valence-corrected chi connectivity index (χ2v) is 6.07. The molecule has 0 unspecified atom stereocenters. The van der Waals surface area contributed by atoms with Crippen molar-refractivity contribution in [1.82, 2.24) is 4.90 Å². The van der Waals surface area contributed by atoms with Gasteiger partial charge in [0.25, 0.3) is 0 Å². The molecule has 0 saturated heterocycles. The predicted molar refractivity (Wildman–Crippen MR) is 95.1 cm³/mol. The van der Waals surface area contributed by atoms with Crippen molar-refractivity contribution < 1.29 is 9.59 Å². The average Bonchev–Trinajstić information content (AvgIpc) is 2.56. The van der Waals surface area contributed by atoms with Gasteiger partial charge in [-0.2, -0.15) is 0 Å². The van der Waals surface area contributed by atoms with Crippen LogP contribution < -0.4 is 10.6 Å². The summed E-state index contributed by atoms with van der Waals surface area (Å²) in [5, 5.41) is 5.71. The first-order chi connectivity index (χ1) is 11.5. The number of anilines is 2. The Balaban J connectivity index is 1.70. The van der Waals surface area contributed by atoms with E-state index in [0.717, 1.165) is 35.5 Å². The fourth-order valence-electron chi connectivity index (χ4n) is 2.90. The van der Waals surface area contributed by atoms with Gasteiger partial charge in [-0.3, -0.25) is 4.79 Å². The summed E-state index contributed by atoms with van der Waals surface area (Å²) >= 11 is 0. The molecule has 0 saturated carbocycles. The van der Waals surface area contributed by atoms with Gasteiger partial charge in [-0.25, -0.2) is 4.79 Å². The molecule has 1 aliphatic rings. The number of rotatable bonds is 2. The standard InChI is InChI=1S/C19H21N3O2/c1-13-5-3-4-6-18(13)21-19(24)20-17-8-7-15-9-10-22(14(2)23)12-16(15)11-17/h3-8,11H,9-10,12H2,1-2H3,(H2,20,21,24). The van der Waals surface area contributed by atoms with Crippen molar-refractivity contribution >= 4 is 23.3 Å². The number of aryl methyl sites for hydroxylation is 1. The molecular formula is C19H21N3O2. The summed E-state index contributed by atoms with van der Waals surface area (Å²) in [6.07, 6.45) is 0.852. The number of carbonyl (C=O) groups excluding carboxylic acids is 2. The molecule has 0 aliphatic carbocycles. The number of nitrogens with zero attached hydrogens (tertiary/aromatic N) is 1. The van der Waals surface area contributed by atoms with Gasteiger partial charge < -0.3 is 15.5 Å². The number of carbonyl (C=O) groups is 2. The van der Waals surface area contributed by atoms with Gasteiger partial charge in [-0.05, 0) is 48.2 Å². The van der Waals surface area contributed by atoms with Crippen molar-refractivity contribution in [3.05, 3.63) is 59.2 Å². The monoisotopic (exact) mass is 323 g/mol. The van der Waals surface area contributed by atoms with Gasteiger partial charge in [0, 0.05) is 31.4 Å². The molecule has 1 aliphatic heterocycles. The zero-order chi connectivity index (χ0) is 17.1. The van der Waals surface area contributed by atoms with Gasteiger partial charge in [0.05, 0.1) is 0 Å². The van der Waals surface area contributed by atoms with Gasteiger partial charge >= 0.3 is 6.03 Å². The van der Waals surface area contributed by atoms with E-state index in [1.54, 1.807) is 6.92 Å². The highest BCUT2D eigenvalue weighted by atomic mass is 16.2. The predicted octanol–water partition coefficient (Wildman–Crippen LogP) is 3.54. The van der Waals surface area contributed by atoms with Crippen LogP contribution in [0.3, 0.4) is 0 Å². The highest BCUT2D eigenvalue weighted by Gasteiger charge is 2.18. The third kappa shape index (κ3) is 3.56. The summed E-state index contributed by atoms with van der Waals surface area (Å²) in [5.74, 6) is 0.0799. The number of hydrogen-bond donors (Lipinski definition) is 2. The van der Waals surface area contributed by atoms with E-state index in [2.05, 4.69) is 10.6 Å². The van der Waals surface area contributed by atoms with Crippen LogP contribution in [0.1, 0.15) is 23.6 Å². The molecule has 2 aromatic rings. The third-order valence-electron chi connectivity index (χ3n) is 4.31. The normalized spacial score (nSPS) is 13.2. The molecule has 2 N–H and O–H groups in total. The maximum atomic E-state index is 12.2. The summed E-state index contributed by atoms with van der Waals surface area (Å²) in [5.41, 5.74) is 4.85. The molecule has 3 amide bonds. The first-order valence-corrected chi connectivity index (χ1v) is 8.04. The molecule has 5 heteroatoms. The number of urea groups is 1. The molecule has 0 aromatic heterocycles. The number of hydrogen-bond acceptors (Lipinski definition) is 2. The van der Waals surface area contributed by atoms with E-state index >= 15 is 0 Å². The second-order valence-electron chi connectivity index (χ2n) is 6.07. The number of amides is 3. The number of nitrogens with one attached hydrogen (secondary N) is 2. The van der Waals surface area contributed by atoms with Gasteiger partial charge in [-0.15, -0.1) is 0 Å². The molecule has 0 atom stereocenters. The van der Waals surface area contributed by atoms with E-state index in [0.29, 0.717) is 6.54 Å². The molecule has 5 nitrogen and oxygen atoms in total. The molecule has 0 bridgehead atoms. The summed E-state index contributed by atoms with van der Waals surface area (Å²) in [4.78, 5) is 25.6. The Morgan fingerprint density at radius 1 is 1.04 bits per heavy atom. The number of para-hydroxylation sites is 1. The molecule has 3 rings (SSSR count). The topological polar surface area (TPSA) is 61.4 Å². The van der Waals surface area contributed by atoms with Crippen molar-refractivity contribution in [2.45, 2.75) is 26.8 Å². The molecule has 0 radical (unpaired) electrons. The Bertz CT molecular complexity index is 786. The van der Waals surface area contributed by atoms with Crippen LogP contribution in [0.5, 0.6) is 0 Å². The zero-order valence-electron chi connectivity index (χ0n) is 13.9. The van der Waals surface area contributed by atoms with Gasteiger partial charge in [0.1, 0.15) is 0 Å². The van der Waals surface area contributed by atoms with E-state index in [1.165, 1.54) is 5.56 Å². The van der Waals surface area contributed by atoms with Crippen LogP contribution in [0.4, 0.5) is 16.2 Å². The average molecular weight is 323 g/mol. The molecule has 124 valence electrons. The van der Waals surface area contributed by atoms with Crippen molar-refractivity contribution in [2.75, 3.05) is 17.2 Å². The minimum absolute atomic E-state index is 0.0799. The molecule has 1 heterocycles. The minimum Gasteiger partial charge on any atom is -0.338 e. The van der Waals surface area contributed by atoms with Crippen LogP contribution in [0, 0.1) is 6.92 Å². The lowest BCUT2D eigenvalue weighted by atomic mass is 9.99.